The van der Waals surface area contributed by atoms with Gasteiger partial charge in [-0.2, -0.15) is 5.10 Å². The highest BCUT2D eigenvalue weighted by Crippen LogP contribution is 2.25. The van der Waals surface area contributed by atoms with Gasteiger partial charge < -0.3 is 15.5 Å². The van der Waals surface area contributed by atoms with Gasteiger partial charge in [-0.15, -0.1) is 0 Å². The molecular formula is C19H25BrClN5O2. The molecule has 9 heteroatoms. The second-order valence-electron chi connectivity index (χ2n) is 6.74. The first kappa shape index (κ1) is 21.2. The van der Waals surface area contributed by atoms with Gasteiger partial charge >= 0.3 is 0 Å². The Hall–Kier alpha value is -1.48. The zero-order chi connectivity index (χ0) is 20.1. The number of nitrogens with zero attached hydrogens (tertiary/aromatic N) is 3. The number of fused-ring (bicyclic) bond motifs is 1. The molecule has 0 bridgehead atoms. The monoisotopic (exact) mass is 469 g/mol. The number of ether oxygens (including phenoxy) is 1. The summed E-state index contributed by atoms with van der Waals surface area (Å²) in [7, 11) is 1.73. The van der Waals surface area contributed by atoms with E-state index in [2.05, 4.69) is 36.8 Å². The minimum absolute atomic E-state index is 0.0346. The molecule has 1 aliphatic rings. The van der Waals surface area contributed by atoms with Crippen LogP contribution in [0.25, 0.3) is 10.9 Å². The summed E-state index contributed by atoms with van der Waals surface area (Å²) in [5.74, 6) is 0. The zero-order valence-electron chi connectivity index (χ0n) is 16.0. The lowest BCUT2D eigenvalue weighted by Gasteiger charge is -2.32. The van der Waals surface area contributed by atoms with Crippen molar-refractivity contribution in [1.29, 1.82) is 0 Å². The van der Waals surface area contributed by atoms with Gasteiger partial charge in [0.15, 0.2) is 0 Å². The van der Waals surface area contributed by atoms with Crippen molar-refractivity contribution < 1.29 is 4.74 Å². The molecule has 0 spiro atoms. The van der Waals surface area contributed by atoms with Crippen molar-refractivity contribution in [3.05, 3.63) is 38.3 Å². The molecule has 3 rings (SSSR count). The minimum atomic E-state index is -0.109. The van der Waals surface area contributed by atoms with Crippen LogP contribution in [-0.4, -0.2) is 47.6 Å². The van der Waals surface area contributed by atoms with E-state index in [-0.39, 0.29) is 17.7 Å². The van der Waals surface area contributed by atoms with E-state index in [1.54, 1.807) is 30.1 Å². The average Bonchev–Trinajstić information content (AvgIpc) is 2.71. The summed E-state index contributed by atoms with van der Waals surface area (Å²) in [5.41, 5.74) is 4.51. The average molecular weight is 471 g/mol. The summed E-state index contributed by atoms with van der Waals surface area (Å²) >= 11 is 9.53. The number of aryl methyl sites for hydroxylation is 1. The number of nitrogens with one attached hydrogen (secondary N) is 2. The Morgan fingerprint density at radius 2 is 2.36 bits per heavy atom. The minimum Gasteiger partial charge on any atom is -0.379 e. The molecule has 1 saturated heterocycles. The number of hydrogen-bond acceptors (Lipinski definition) is 6. The van der Waals surface area contributed by atoms with E-state index in [1.807, 2.05) is 6.92 Å². The van der Waals surface area contributed by atoms with Gasteiger partial charge in [-0.05, 0) is 54.4 Å². The Labute approximate surface area is 177 Å². The number of hydrogen-bond donors (Lipinski definition) is 2. The van der Waals surface area contributed by atoms with Crippen LogP contribution in [0.2, 0.25) is 5.02 Å². The van der Waals surface area contributed by atoms with Crippen molar-refractivity contribution in [2.75, 3.05) is 20.2 Å². The molecule has 1 aromatic carbocycles. The Morgan fingerprint density at radius 3 is 3.11 bits per heavy atom. The molecule has 2 heterocycles. The third-order valence-electron chi connectivity index (χ3n) is 4.92. The molecule has 1 aromatic heterocycles. The van der Waals surface area contributed by atoms with Crippen molar-refractivity contribution in [3.8, 4) is 0 Å². The van der Waals surface area contributed by atoms with E-state index in [0.717, 1.165) is 36.1 Å². The van der Waals surface area contributed by atoms with E-state index >= 15 is 0 Å². The second kappa shape index (κ2) is 9.82. The van der Waals surface area contributed by atoms with E-state index in [0.29, 0.717) is 28.9 Å². The first-order valence-electron chi connectivity index (χ1n) is 9.44. The van der Waals surface area contributed by atoms with Gasteiger partial charge in [0, 0.05) is 31.1 Å². The predicted octanol–water partition coefficient (Wildman–Crippen LogP) is 2.94. The molecule has 0 radical (unpaired) electrons. The normalized spacial score (nSPS) is 20.5. The zero-order valence-corrected chi connectivity index (χ0v) is 18.4. The molecule has 152 valence electrons. The van der Waals surface area contributed by atoms with Gasteiger partial charge in [-0.25, -0.2) is 4.98 Å². The first-order valence-corrected chi connectivity index (χ1v) is 10.6. The van der Waals surface area contributed by atoms with E-state index in [9.17, 15) is 4.79 Å². The highest BCUT2D eigenvalue weighted by molar-refractivity contribution is 9.10. The van der Waals surface area contributed by atoms with E-state index in [4.69, 9.17) is 16.3 Å². The second-order valence-corrected chi connectivity index (χ2v) is 8.00. The van der Waals surface area contributed by atoms with Crippen molar-refractivity contribution >= 4 is 44.1 Å². The van der Waals surface area contributed by atoms with E-state index in [1.165, 1.54) is 0 Å². The molecule has 2 N–H and O–H groups in total. The molecule has 7 nitrogen and oxygen atoms in total. The summed E-state index contributed by atoms with van der Waals surface area (Å²) in [6, 6.07) is 3.45. The van der Waals surface area contributed by atoms with Crippen LogP contribution >= 0.6 is 27.5 Å². The third kappa shape index (κ3) is 4.74. The number of benzene rings is 1. The molecule has 0 unspecified atom stereocenters. The van der Waals surface area contributed by atoms with Crippen molar-refractivity contribution in [3.63, 3.8) is 0 Å². The van der Waals surface area contributed by atoms with Crippen LogP contribution in [0.5, 0.6) is 0 Å². The number of halogens is 2. The van der Waals surface area contributed by atoms with Crippen LogP contribution < -0.4 is 16.3 Å². The summed E-state index contributed by atoms with van der Waals surface area (Å²) in [5, 5.41) is 9.06. The largest absolute Gasteiger partial charge is 0.379 e. The summed E-state index contributed by atoms with van der Waals surface area (Å²) in [6.07, 6.45) is 4.34. The number of rotatable bonds is 7. The van der Waals surface area contributed by atoms with Crippen LogP contribution in [0.4, 0.5) is 0 Å². The highest BCUT2D eigenvalue weighted by Gasteiger charge is 2.29. The van der Waals surface area contributed by atoms with Crippen molar-refractivity contribution in [1.82, 2.24) is 20.3 Å². The number of hydrazone groups is 1. The van der Waals surface area contributed by atoms with Crippen LogP contribution in [-0.2, 0) is 11.3 Å². The van der Waals surface area contributed by atoms with Gasteiger partial charge in [0.25, 0.3) is 5.56 Å². The number of methoxy groups -OCH3 is 1. The van der Waals surface area contributed by atoms with Gasteiger partial charge in [0.05, 0.1) is 40.1 Å². The third-order valence-corrected chi connectivity index (χ3v) is 6.12. The van der Waals surface area contributed by atoms with Gasteiger partial charge in [-0.1, -0.05) is 11.6 Å². The molecule has 2 atom stereocenters. The van der Waals surface area contributed by atoms with Crippen LogP contribution in [0.15, 0.2) is 32.8 Å². The SMILES string of the molecule is CCN/N=C(/CCn1cnc2cc(Br)c(Cl)cc2c1=O)[C@H]1NCCC[C@@H]1OC. The highest BCUT2D eigenvalue weighted by atomic mass is 79.9. The maximum absolute atomic E-state index is 12.9. The Balaban J connectivity index is 1.84. The quantitative estimate of drug-likeness (QED) is 0.480. The maximum atomic E-state index is 12.9. The first-order chi connectivity index (χ1) is 13.5. The van der Waals surface area contributed by atoms with Gasteiger partial charge in [-0.3, -0.25) is 9.36 Å². The van der Waals surface area contributed by atoms with Gasteiger partial charge in [0.2, 0.25) is 0 Å². The lowest BCUT2D eigenvalue weighted by atomic mass is 9.95. The number of piperidine rings is 1. The maximum Gasteiger partial charge on any atom is 0.261 e. The molecular weight excluding hydrogens is 446 g/mol. The topological polar surface area (TPSA) is 80.5 Å². The summed E-state index contributed by atoms with van der Waals surface area (Å²) in [6.45, 7) is 4.15. The van der Waals surface area contributed by atoms with Crippen LogP contribution in [0, 0.1) is 0 Å². The predicted molar refractivity (Wildman–Crippen MR) is 116 cm³/mol. The van der Waals surface area contributed by atoms with Crippen LogP contribution in [0.1, 0.15) is 26.2 Å². The van der Waals surface area contributed by atoms with Gasteiger partial charge in [0.1, 0.15) is 0 Å². The fraction of sp³-hybridized carbons (Fsp3) is 0.526. The lowest BCUT2D eigenvalue weighted by Crippen LogP contribution is -2.51. The molecule has 2 aromatic rings. The van der Waals surface area contributed by atoms with Crippen LogP contribution in [0.3, 0.4) is 0 Å². The molecule has 0 aliphatic carbocycles. The molecule has 0 amide bonds. The number of aromatic nitrogens is 2. The Morgan fingerprint density at radius 1 is 1.54 bits per heavy atom. The lowest BCUT2D eigenvalue weighted by molar-refractivity contribution is 0.0644. The molecule has 28 heavy (non-hydrogen) atoms. The summed E-state index contributed by atoms with van der Waals surface area (Å²) < 4.78 is 7.98. The van der Waals surface area contributed by atoms with Crippen molar-refractivity contribution in [2.24, 2.45) is 5.10 Å². The fourth-order valence-electron chi connectivity index (χ4n) is 3.45. The molecule has 1 aliphatic heterocycles. The Kier molecular flexibility index (Phi) is 7.45. The van der Waals surface area contributed by atoms with E-state index < -0.39 is 0 Å². The summed E-state index contributed by atoms with van der Waals surface area (Å²) in [4.78, 5) is 17.3. The molecule has 0 saturated carbocycles. The Bertz CT molecular complexity index is 917. The smallest absolute Gasteiger partial charge is 0.261 e. The molecule has 1 fully saturated rings. The fourth-order valence-corrected chi connectivity index (χ4v) is 3.95. The standard InChI is InChI=1S/C19H25BrClN5O2/c1-3-24-25-15(18-17(28-2)5-4-7-22-18)6-8-26-11-23-16-10-13(20)14(21)9-12(16)19(26)27/h9-11,17-18,22,24H,3-8H2,1-2H3/b25-15-/t17-,18+/m0/s1. The van der Waals surface area contributed by atoms with Crippen molar-refractivity contribution in [2.45, 2.75) is 44.9 Å².